The summed E-state index contributed by atoms with van der Waals surface area (Å²) in [6.07, 6.45) is -2.30. The maximum Gasteiger partial charge on any atom is 0.341 e. The molecule has 1 atom stereocenters. The van der Waals surface area contributed by atoms with Gasteiger partial charge >= 0.3 is 11.9 Å². The summed E-state index contributed by atoms with van der Waals surface area (Å²) in [7, 11) is 0. The predicted molar refractivity (Wildman–Crippen MR) is 122 cm³/mol. The quantitative estimate of drug-likeness (QED) is 0.256. The molecule has 26 heavy (non-hydrogen) atoms. The minimum absolute atomic E-state index is 0.123. The van der Waals surface area contributed by atoms with Gasteiger partial charge in [0.05, 0.1) is 5.56 Å². The van der Waals surface area contributed by atoms with Crippen molar-refractivity contribution >= 4 is 102 Å². The second kappa shape index (κ2) is 9.11. The first kappa shape index (κ1) is 22.4. The summed E-state index contributed by atoms with van der Waals surface area (Å²) in [5.41, 5.74) is -0.0158. The number of ether oxygens (including phenoxy) is 1. The SMILES string of the molecule is O=C(OC(c1ccccc1)C(F)(F)C(=O)[O-])c1c(I)c(I)cc(I)c1I. The van der Waals surface area contributed by atoms with Crippen LogP contribution in [0.2, 0.25) is 0 Å². The number of hydrogen-bond acceptors (Lipinski definition) is 4. The molecule has 0 saturated carbocycles. The smallest absolute Gasteiger partial charge is 0.341 e. The molecule has 0 aliphatic rings. The lowest BCUT2D eigenvalue weighted by molar-refractivity contribution is -0.336. The Balaban J connectivity index is 2.51. The monoisotopic (exact) mass is 809 g/mol. The van der Waals surface area contributed by atoms with E-state index >= 15 is 0 Å². The van der Waals surface area contributed by atoms with Crippen molar-refractivity contribution in [3.8, 4) is 0 Å². The zero-order valence-corrected chi connectivity index (χ0v) is 21.1. The van der Waals surface area contributed by atoms with Gasteiger partial charge in [-0.1, -0.05) is 30.3 Å². The van der Waals surface area contributed by atoms with Crippen LogP contribution in [-0.4, -0.2) is 17.9 Å². The highest BCUT2D eigenvalue weighted by atomic mass is 127. The fourth-order valence-electron chi connectivity index (χ4n) is 2.00. The Bertz CT molecular complexity index is 833. The van der Waals surface area contributed by atoms with Gasteiger partial charge in [0.25, 0.3) is 0 Å². The average molecular weight is 809 g/mol. The number of carboxylic acid groups (broad SMARTS) is 1. The molecule has 2 aromatic rings. The number of benzene rings is 2. The number of aliphatic carboxylic acids is 1. The first-order valence-corrected chi connectivity index (χ1v) is 11.1. The van der Waals surface area contributed by atoms with Gasteiger partial charge in [0.2, 0.25) is 0 Å². The molecule has 0 aromatic heterocycles. The van der Waals surface area contributed by atoms with E-state index in [2.05, 4.69) is 0 Å². The minimum Gasteiger partial charge on any atom is -0.544 e. The number of hydrogen-bond donors (Lipinski definition) is 0. The Hall–Kier alpha value is 0.160. The number of carbonyl (C=O) groups is 2. The Labute approximate surface area is 202 Å². The topological polar surface area (TPSA) is 66.4 Å². The zero-order valence-electron chi connectivity index (χ0n) is 12.4. The lowest BCUT2D eigenvalue weighted by Gasteiger charge is -2.28. The molecule has 1 unspecified atom stereocenters. The second-order valence-electron chi connectivity index (χ2n) is 4.95. The van der Waals surface area contributed by atoms with E-state index in [0.29, 0.717) is 7.14 Å². The van der Waals surface area contributed by atoms with E-state index in [0.717, 1.165) is 7.14 Å². The number of rotatable bonds is 5. The molecular weight excluding hydrogens is 802 g/mol. The van der Waals surface area contributed by atoms with Crippen LogP contribution in [0.25, 0.3) is 0 Å². The van der Waals surface area contributed by atoms with Gasteiger partial charge in [-0.15, -0.1) is 0 Å². The Morgan fingerprint density at radius 2 is 1.50 bits per heavy atom. The number of carbonyl (C=O) groups excluding carboxylic acids is 2. The van der Waals surface area contributed by atoms with Crippen LogP contribution in [0.4, 0.5) is 8.78 Å². The maximum atomic E-state index is 14.2. The fourth-order valence-corrected chi connectivity index (χ4v) is 5.57. The van der Waals surface area contributed by atoms with Gasteiger partial charge in [-0.3, -0.25) is 0 Å². The van der Waals surface area contributed by atoms with Crippen LogP contribution in [0.15, 0.2) is 36.4 Å². The first-order chi connectivity index (χ1) is 12.1. The molecule has 0 radical (unpaired) electrons. The molecule has 0 spiro atoms. The van der Waals surface area contributed by atoms with Crippen molar-refractivity contribution in [2.45, 2.75) is 12.0 Å². The molecular formula is C16H7F2I4O4-. The van der Waals surface area contributed by atoms with Crippen molar-refractivity contribution in [1.29, 1.82) is 0 Å². The van der Waals surface area contributed by atoms with Crippen molar-refractivity contribution in [2.75, 3.05) is 0 Å². The number of carboxylic acids is 1. The van der Waals surface area contributed by atoms with Crippen molar-refractivity contribution in [1.82, 2.24) is 0 Å². The predicted octanol–water partition coefficient (Wildman–Crippen LogP) is 4.39. The van der Waals surface area contributed by atoms with Gasteiger partial charge in [-0.05, 0) is 102 Å². The van der Waals surface area contributed by atoms with Crippen molar-refractivity contribution in [3.63, 3.8) is 0 Å². The summed E-state index contributed by atoms with van der Waals surface area (Å²) in [5.74, 6) is -8.02. The summed E-state index contributed by atoms with van der Waals surface area (Å²) in [5, 5.41) is 10.9. The van der Waals surface area contributed by atoms with Gasteiger partial charge in [0.15, 0.2) is 6.10 Å². The standard InChI is InChI=1S/C16H8F2I4O4/c17-16(18,15(24)25)13(7-4-2-1-3-5-7)26-14(23)10-11(21)8(19)6-9(20)12(10)22/h1-6,13H,(H,24,25)/p-1. The summed E-state index contributed by atoms with van der Waals surface area (Å²) >= 11 is 7.90. The molecule has 0 amide bonds. The van der Waals surface area contributed by atoms with Gasteiger partial charge in [0.1, 0.15) is 5.97 Å². The molecule has 0 N–H and O–H groups in total. The molecule has 0 bridgehead atoms. The van der Waals surface area contributed by atoms with E-state index < -0.39 is 24.0 Å². The molecule has 0 heterocycles. The van der Waals surface area contributed by atoms with Crippen molar-refractivity contribution in [2.24, 2.45) is 0 Å². The molecule has 2 rings (SSSR count). The van der Waals surface area contributed by atoms with Crippen molar-refractivity contribution in [3.05, 3.63) is 61.8 Å². The lowest BCUT2D eigenvalue weighted by atomic mass is 10.0. The number of halogens is 6. The molecule has 0 fully saturated rings. The van der Waals surface area contributed by atoms with Crippen LogP contribution in [-0.2, 0) is 9.53 Å². The van der Waals surface area contributed by atoms with E-state index in [4.69, 9.17) is 4.74 Å². The van der Waals surface area contributed by atoms with Crippen LogP contribution in [0.1, 0.15) is 22.0 Å². The molecule has 138 valence electrons. The lowest BCUT2D eigenvalue weighted by Crippen LogP contribution is -2.47. The number of esters is 1. The highest BCUT2D eigenvalue weighted by Crippen LogP contribution is 2.37. The summed E-state index contributed by atoms with van der Waals surface area (Å²) in [6, 6.07) is 8.85. The van der Waals surface area contributed by atoms with Crippen LogP contribution < -0.4 is 5.11 Å². The Kier molecular flexibility index (Phi) is 7.86. The van der Waals surface area contributed by atoms with E-state index in [-0.39, 0.29) is 11.1 Å². The third-order valence-corrected chi connectivity index (χ3v) is 9.25. The molecule has 0 aliphatic heterocycles. The molecule has 0 saturated heterocycles. The second-order valence-corrected chi connectivity index (χ2v) is 9.43. The number of alkyl halides is 2. The van der Waals surface area contributed by atoms with Gasteiger partial charge in [0, 0.05) is 14.3 Å². The third kappa shape index (κ3) is 4.76. The molecule has 10 heteroatoms. The zero-order chi connectivity index (χ0) is 19.6. The van der Waals surface area contributed by atoms with Crippen molar-refractivity contribution < 1.29 is 28.2 Å². The van der Waals surface area contributed by atoms with Crippen LogP contribution >= 0.6 is 90.4 Å². The van der Waals surface area contributed by atoms with Crippen LogP contribution in [0.5, 0.6) is 0 Å². The average Bonchev–Trinajstić information content (AvgIpc) is 2.58. The molecule has 4 nitrogen and oxygen atoms in total. The van der Waals surface area contributed by atoms with Crippen LogP contribution in [0.3, 0.4) is 0 Å². The highest BCUT2D eigenvalue weighted by Gasteiger charge is 2.46. The summed E-state index contributed by atoms with van der Waals surface area (Å²) < 4.78 is 36.0. The first-order valence-electron chi connectivity index (χ1n) is 6.75. The largest absolute Gasteiger partial charge is 0.544 e. The van der Waals surface area contributed by atoms with Gasteiger partial charge < -0.3 is 14.6 Å². The van der Waals surface area contributed by atoms with E-state index in [1.165, 1.54) is 24.3 Å². The Morgan fingerprint density at radius 1 is 1.00 bits per heavy atom. The highest BCUT2D eigenvalue weighted by molar-refractivity contribution is 14.1. The normalized spacial score (nSPS) is 12.5. The fraction of sp³-hybridized carbons (Fsp3) is 0.125. The summed E-state index contributed by atoms with van der Waals surface area (Å²) in [4.78, 5) is 23.6. The van der Waals surface area contributed by atoms with Gasteiger partial charge in [-0.2, -0.15) is 8.78 Å². The van der Waals surface area contributed by atoms with E-state index in [9.17, 15) is 23.5 Å². The van der Waals surface area contributed by atoms with Gasteiger partial charge in [-0.25, -0.2) is 4.79 Å². The summed E-state index contributed by atoms with van der Waals surface area (Å²) in [6.45, 7) is 0. The minimum atomic E-state index is -4.39. The van der Waals surface area contributed by atoms with E-state index in [1.807, 2.05) is 96.4 Å². The molecule has 2 aromatic carbocycles. The van der Waals surface area contributed by atoms with E-state index in [1.54, 1.807) is 6.07 Å². The Morgan fingerprint density at radius 3 is 1.96 bits per heavy atom. The molecule has 0 aliphatic carbocycles. The maximum absolute atomic E-state index is 14.2. The van der Waals surface area contributed by atoms with Crippen LogP contribution in [0, 0.1) is 14.3 Å². The third-order valence-electron chi connectivity index (χ3n) is 3.24.